The Kier molecular flexibility index (Phi) is 3.76. The van der Waals surface area contributed by atoms with E-state index in [-0.39, 0.29) is 11.9 Å². The van der Waals surface area contributed by atoms with E-state index in [0.29, 0.717) is 22.6 Å². The minimum Gasteiger partial charge on any atom is -0.397 e. The first-order valence-corrected chi connectivity index (χ1v) is 6.30. The largest absolute Gasteiger partial charge is 0.397 e. The molecular weight excluding hydrogens is 252 g/mol. The van der Waals surface area contributed by atoms with E-state index in [9.17, 15) is 4.79 Å². The summed E-state index contributed by atoms with van der Waals surface area (Å²) in [6.45, 7) is 3.97. The van der Waals surface area contributed by atoms with E-state index >= 15 is 0 Å². The Morgan fingerprint density at radius 2 is 2.00 bits per heavy atom. The molecule has 1 aromatic heterocycles. The third-order valence-electron chi connectivity index (χ3n) is 2.93. The van der Waals surface area contributed by atoms with Gasteiger partial charge in [-0.1, -0.05) is 0 Å². The number of benzene rings is 1. The second-order valence-corrected chi connectivity index (χ2v) is 4.80. The number of carbonyl (C=O) groups is 1. The summed E-state index contributed by atoms with van der Waals surface area (Å²) in [5.74, 6) is -0.222. The van der Waals surface area contributed by atoms with Gasteiger partial charge in [0, 0.05) is 17.9 Å². The molecule has 0 saturated carbocycles. The molecule has 5 nitrogen and oxygen atoms in total. The quantitative estimate of drug-likeness (QED) is 0.897. The maximum absolute atomic E-state index is 12.3. The number of nitrogens with two attached hydrogens (primary N) is 1. The number of aromatic nitrogens is 1. The van der Waals surface area contributed by atoms with Gasteiger partial charge in [0.15, 0.2) is 0 Å². The highest BCUT2D eigenvalue weighted by Crippen LogP contribution is 2.18. The highest BCUT2D eigenvalue weighted by Gasteiger charge is 2.14. The van der Waals surface area contributed by atoms with Crippen molar-refractivity contribution in [2.75, 3.05) is 11.1 Å². The van der Waals surface area contributed by atoms with E-state index < -0.39 is 0 Å². The van der Waals surface area contributed by atoms with Crippen molar-refractivity contribution in [1.29, 1.82) is 5.26 Å². The fourth-order valence-electron chi connectivity index (χ4n) is 1.93. The third-order valence-corrected chi connectivity index (χ3v) is 2.93. The first kappa shape index (κ1) is 13.7. The van der Waals surface area contributed by atoms with Crippen LogP contribution in [0.2, 0.25) is 0 Å². The number of nitrogens with zero attached hydrogens (tertiary/aromatic N) is 2. The Bertz CT molecular complexity index is 662. The van der Waals surface area contributed by atoms with Gasteiger partial charge in [0.05, 0.1) is 17.3 Å². The molecule has 0 radical (unpaired) electrons. The van der Waals surface area contributed by atoms with Crippen LogP contribution in [0.4, 0.5) is 11.4 Å². The fourth-order valence-corrected chi connectivity index (χ4v) is 1.93. The predicted molar refractivity (Wildman–Crippen MR) is 78.3 cm³/mol. The lowest BCUT2D eigenvalue weighted by Gasteiger charge is -2.12. The van der Waals surface area contributed by atoms with E-state index in [1.165, 1.54) is 0 Å². The van der Waals surface area contributed by atoms with Crippen molar-refractivity contribution in [2.24, 2.45) is 0 Å². The Labute approximate surface area is 117 Å². The Morgan fingerprint density at radius 1 is 1.35 bits per heavy atom. The van der Waals surface area contributed by atoms with Gasteiger partial charge in [-0.3, -0.25) is 4.79 Å². The molecule has 2 rings (SSSR count). The molecule has 0 aliphatic carbocycles. The second-order valence-electron chi connectivity index (χ2n) is 4.80. The van der Waals surface area contributed by atoms with Gasteiger partial charge in [-0.15, -0.1) is 0 Å². The third kappa shape index (κ3) is 2.81. The smallest absolute Gasteiger partial charge is 0.272 e. The fraction of sp³-hybridized carbons (Fsp3) is 0.200. The standard InChI is InChI=1S/C15H16N4O/c1-10(2)19-9-12(17)7-14(19)15(20)18-13-5-3-11(8-16)4-6-13/h3-7,9-10H,17H2,1-2H3,(H,18,20). The van der Waals surface area contributed by atoms with Crippen molar-refractivity contribution >= 4 is 17.3 Å². The van der Waals surface area contributed by atoms with Crippen molar-refractivity contribution in [3.63, 3.8) is 0 Å². The van der Waals surface area contributed by atoms with Crippen LogP contribution in [0.5, 0.6) is 0 Å². The number of amides is 1. The van der Waals surface area contributed by atoms with Gasteiger partial charge in [0.1, 0.15) is 5.69 Å². The molecule has 102 valence electrons. The van der Waals surface area contributed by atoms with Crippen molar-refractivity contribution in [3.05, 3.63) is 47.8 Å². The van der Waals surface area contributed by atoms with Gasteiger partial charge in [0.2, 0.25) is 0 Å². The van der Waals surface area contributed by atoms with E-state index in [2.05, 4.69) is 5.32 Å². The lowest BCUT2D eigenvalue weighted by molar-refractivity contribution is 0.101. The van der Waals surface area contributed by atoms with Gasteiger partial charge in [-0.2, -0.15) is 5.26 Å². The molecule has 0 bridgehead atoms. The maximum Gasteiger partial charge on any atom is 0.272 e. The van der Waals surface area contributed by atoms with E-state index in [4.69, 9.17) is 11.0 Å². The van der Waals surface area contributed by atoms with Crippen LogP contribution in [-0.2, 0) is 0 Å². The predicted octanol–water partition coefficient (Wildman–Crippen LogP) is 2.78. The van der Waals surface area contributed by atoms with Crippen LogP contribution in [0.25, 0.3) is 0 Å². The minimum absolute atomic E-state index is 0.147. The number of nitrogens with one attached hydrogen (secondary N) is 1. The molecule has 0 aliphatic rings. The number of rotatable bonds is 3. The van der Waals surface area contributed by atoms with Crippen molar-refractivity contribution < 1.29 is 4.79 Å². The summed E-state index contributed by atoms with van der Waals surface area (Å²) in [6.07, 6.45) is 1.75. The molecule has 0 fully saturated rings. The maximum atomic E-state index is 12.3. The summed E-state index contributed by atoms with van der Waals surface area (Å²) in [4.78, 5) is 12.3. The van der Waals surface area contributed by atoms with Gasteiger partial charge in [0.25, 0.3) is 5.91 Å². The van der Waals surface area contributed by atoms with E-state index in [1.807, 2.05) is 24.5 Å². The van der Waals surface area contributed by atoms with Crippen LogP contribution in [0.3, 0.4) is 0 Å². The molecule has 5 heteroatoms. The highest BCUT2D eigenvalue weighted by atomic mass is 16.1. The molecule has 20 heavy (non-hydrogen) atoms. The first-order chi connectivity index (χ1) is 9.51. The molecule has 3 N–H and O–H groups in total. The first-order valence-electron chi connectivity index (χ1n) is 6.30. The molecule has 1 amide bonds. The molecule has 0 saturated heterocycles. The number of nitrogen functional groups attached to an aromatic ring is 1. The molecule has 0 aliphatic heterocycles. The van der Waals surface area contributed by atoms with Gasteiger partial charge < -0.3 is 15.6 Å². The molecule has 1 heterocycles. The highest BCUT2D eigenvalue weighted by molar-refractivity contribution is 6.03. The molecule has 0 spiro atoms. The lowest BCUT2D eigenvalue weighted by Crippen LogP contribution is -2.17. The number of hydrogen-bond donors (Lipinski definition) is 2. The summed E-state index contributed by atoms with van der Waals surface area (Å²) in [7, 11) is 0. The molecule has 2 aromatic rings. The Morgan fingerprint density at radius 3 is 2.55 bits per heavy atom. The van der Waals surface area contributed by atoms with E-state index in [1.54, 1.807) is 36.5 Å². The minimum atomic E-state index is -0.222. The zero-order chi connectivity index (χ0) is 14.7. The molecule has 1 aromatic carbocycles. The average molecular weight is 268 g/mol. The average Bonchev–Trinajstić information content (AvgIpc) is 2.82. The van der Waals surface area contributed by atoms with Crippen molar-refractivity contribution in [2.45, 2.75) is 19.9 Å². The van der Waals surface area contributed by atoms with Crippen molar-refractivity contribution in [1.82, 2.24) is 4.57 Å². The van der Waals surface area contributed by atoms with Gasteiger partial charge in [-0.05, 0) is 44.2 Å². The Hall–Kier alpha value is -2.74. The van der Waals surface area contributed by atoms with Crippen LogP contribution in [0, 0.1) is 11.3 Å². The monoisotopic (exact) mass is 268 g/mol. The summed E-state index contributed by atoms with van der Waals surface area (Å²) in [5.41, 5.74) is 8.02. The molecular formula is C15H16N4O. The van der Waals surface area contributed by atoms with Crippen molar-refractivity contribution in [3.8, 4) is 6.07 Å². The van der Waals surface area contributed by atoms with Crippen LogP contribution in [0.1, 0.15) is 35.9 Å². The van der Waals surface area contributed by atoms with Crippen LogP contribution < -0.4 is 11.1 Å². The Balaban J connectivity index is 2.21. The van der Waals surface area contributed by atoms with Crippen LogP contribution in [-0.4, -0.2) is 10.5 Å². The second kappa shape index (κ2) is 5.49. The summed E-state index contributed by atoms with van der Waals surface area (Å²) in [6, 6.07) is 10.5. The zero-order valence-electron chi connectivity index (χ0n) is 11.4. The number of hydrogen-bond acceptors (Lipinski definition) is 3. The number of anilines is 2. The topological polar surface area (TPSA) is 83.8 Å². The van der Waals surface area contributed by atoms with Gasteiger partial charge >= 0.3 is 0 Å². The van der Waals surface area contributed by atoms with E-state index in [0.717, 1.165) is 0 Å². The zero-order valence-corrected chi connectivity index (χ0v) is 11.4. The van der Waals surface area contributed by atoms with Crippen LogP contribution in [0.15, 0.2) is 36.5 Å². The molecule has 0 atom stereocenters. The summed E-state index contributed by atoms with van der Waals surface area (Å²) >= 11 is 0. The molecule has 0 unspecified atom stereocenters. The lowest BCUT2D eigenvalue weighted by atomic mass is 10.2. The van der Waals surface area contributed by atoms with Crippen LogP contribution >= 0.6 is 0 Å². The SMILES string of the molecule is CC(C)n1cc(N)cc1C(=O)Nc1ccc(C#N)cc1. The number of carbonyl (C=O) groups excluding carboxylic acids is 1. The summed E-state index contributed by atoms with van der Waals surface area (Å²) < 4.78 is 1.83. The van der Waals surface area contributed by atoms with Gasteiger partial charge in [-0.25, -0.2) is 0 Å². The summed E-state index contributed by atoms with van der Waals surface area (Å²) in [5, 5.41) is 11.5. The normalized spacial score (nSPS) is 10.3. The number of nitriles is 1.